The first-order valence-electron chi connectivity index (χ1n) is 11.8. The zero-order chi connectivity index (χ0) is 22.5. The molecule has 3 heterocycles. The topological polar surface area (TPSA) is 42.0 Å². The van der Waals surface area contributed by atoms with Gasteiger partial charge in [0.25, 0.3) is 0 Å². The van der Waals surface area contributed by atoms with Crippen molar-refractivity contribution < 1.29 is 14.3 Å². The van der Waals surface area contributed by atoms with Crippen molar-refractivity contribution in [2.45, 2.75) is 64.5 Å². The zero-order valence-corrected chi connectivity index (χ0v) is 19.7. The van der Waals surface area contributed by atoms with Crippen molar-refractivity contribution in [1.82, 2.24) is 4.90 Å². The average molecular weight is 435 g/mol. The number of anilines is 1. The van der Waals surface area contributed by atoms with Crippen LogP contribution in [0.15, 0.2) is 36.4 Å². The third kappa shape index (κ3) is 3.88. The van der Waals surface area contributed by atoms with Crippen LogP contribution in [0.5, 0.6) is 5.75 Å². The summed E-state index contributed by atoms with van der Waals surface area (Å²) in [7, 11) is 0. The lowest BCUT2D eigenvalue weighted by Gasteiger charge is -2.38. The van der Waals surface area contributed by atoms with Crippen molar-refractivity contribution in [2.24, 2.45) is 0 Å². The molecule has 170 valence electrons. The molecule has 0 aromatic heterocycles. The first-order valence-corrected chi connectivity index (χ1v) is 11.8. The largest absolute Gasteiger partial charge is 0.493 e. The third-order valence-corrected chi connectivity index (χ3v) is 7.53. The van der Waals surface area contributed by atoms with E-state index in [1.165, 1.54) is 22.3 Å². The minimum absolute atomic E-state index is 0.151. The molecule has 2 saturated heterocycles. The van der Waals surface area contributed by atoms with Gasteiger partial charge in [-0.15, -0.1) is 0 Å². The highest BCUT2D eigenvalue weighted by Crippen LogP contribution is 2.41. The van der Waals surface area contributed by atoms with Crippen LogP contribution < -0.4 is 9.64 Å². The predicted molar refractivity (Wildman–Crippen MR) is 127 cm³/mol. The number of aryl methyl sites for hydroxylation is 2. The van der Waals surface area contributed by atoms with Gasteiger partial charge in [-0.05, 0) is 48.9 Å². The van der Waals surface area contributed by atoms with Crippen LogP contribution in [0.4, 0.5) is 10.5 Å². The number of carbonyl (C=O) groups is 1. The fourth-order valence-electron chi connectivity index (χ4n) is 5.36. The number of hydrogen-bond donors (Lipinski definition) is 0. The van der Waals surface area contributed by atoms with Gasteiger partial charge < -0.3 is 9.47 Å². The van der Waals surface area contributed by atoms with E-state index in [1.807, 2.05) is 24.3 Å². The zero-order valence-electron chi connectivity index (χ0n) is 19.7. The molecule has 5 rings (SSSR count). The van der Waals surface area contributed by atoms with E-state index in [0.29, 0.717) is 6.54 Å². The summed E-state index contributed by atoms with van der Waals surface area (Å²) in [6, 6.07) is 12.7. The summed E-state index contributed by atoms with van der Waals surface area (Å²) in [6.45, 7) is 13.1. The lowest BCUT2D eigenvalue weighted by molar-refractivity contribution is -0.000987. The Morgan fingerprint density at radius 3 is 2.44 bits per heavy atom. The lowest BCUT2D eigenvalue weighted by atomic mass is 9.78. The van der Waals surface area contributed by atoms with Crippen LogP contribution >= 0.6 is 0 Å². The number of rotatable bonds is 3. The number of hydrogen-bond acceptors (Lipinski definition) is 4. The van der Waals surface area contributed by atoms with Gasteiger partial charge in [0.05, 0.1) is 13.2 Å². The van der Waals surface area contributed by atoms with Crippen molar-refractivity contribution in [3.63, 3.8) is 0 Å². The summed E-state index contributed by atoms with van der Waals surface area (Å²) in [5.41, 5.74) is 5.83. The van der Waals surface area contributed by atoms with Crippen LogP contribution in [-0.2, 0) is 16.7 Å². The molecule has 5 heteroatoms. The maximum Gasteiger partial charge on any atom is 0.415 e. The first-order chi connectivity index (χ1) is 15.2. The van der Waals surface area contributed by atoms with Gasteiger partial charge in [-0.1, -0.05) is 43.7 Å². The Bertz CT molecular complexity index is 1020. The maximum absolute atomic E-state index is 12.6. The first kappa shape index (κ1) is 21.3. The van der Waals surface area contributed by atoms with Gasteiger partial charge >= 0.3 is 6.09 Å². The van der Waals surface area contributed by atoms with E-state index >= 15 is 0 Å². The lowest BCUT2D eigenvalue weighted by Crippen LogP contribution is -2.46. The van der Waals surface area contributed by atoms with Crippen LogP contribution in [0, 0.1) is 13.8 Å². The second kappa shape index (κ2) is 7.80. The minimum atomic E-state index is -0.361. The molecule has 2 aromatic carbocycles. The number of amides is 1. The van der Waals surface area contributed by atoms with Crippen LogP contribution in [0.1, 0.15) is 55.4 Å². The number of likely N-dealkylation sites (tertiary alicyclic amines) is 1. The number of benzene rings is 2. The summed E-state index contributed by atoms with van der Waals surface area (Å²) in [4.78, 5) is 16.9. The van der Waals surface area contributed by atoms with Crippen molar-refractivity contribution in [2.75, 3.05) is 31.1 Å². The molecule has 0 N–H and O–H groups in total. The molecule has 0 bridgehead atoms. The Hall–Kier alpha value is -2.53. The van der Waals surface area contributed by atoms with E-state index < -0.39 is 0 Å². The van der Waals surface area contributed by atoms with Crippen LogP contribution in [0.25, 0.3) is 0 Å². The van der Waals surface area contributed by atoms with Crippen LogP contribution in [0.3, 0.4) is 0 Å². The molecule has 3 aliphatic heterocycles. The molecule has 0 aliphatic carbocycles. The normalized spacial score (nSPS) is 21.9. The molecule has 0 radical (unpaired) electrons. The molecule has 3 aliphatic rings. The molecular weight excluding hydrogens is 400 g/mol. The molecule has 1 amide bonds. The highest BCUT2D eigenvalue weighted by Gasteiger charge is 2.47. The monoisotopic (exact) mass is 434 g/mol. The molecule has 0 unspecified atom stereocenters. The molecule has 2 aromatic rings. The molecule has 2 fully saturated rings. The van der Waals surface area contributed by atoms with E-state index in [1.54, 1.807) is 4.90 Å². The summed E-state index contributed by atoms with van der Waals surface area (Å²) in [5.74, 6) is 1.08. The second-order valence-corrected chi connectivity index (χ2v) is 10.5. The molecular formula is C27H34N2O3. The van der Waals surface area contributed by atoms with E-state index in [9.17, 15) is 4.79 Å². The Balaban J connectivity index is 1.25. The number of nitrogens with zero attached hydrogens (tertiary/aromatic N) is 2. The van der Waals surface area contributed by atoms with Gasteiger partial charge in [0.1, 0.15) is 11.4 Å². The highest BCUT2D eigenvalue weighted by molar-refractivity contribution is 5.90. The Labute approximate surface area is 191 Å². The Morgan fingerprint density at radius 1 is 1.00 bits per heavy atom. The van der Waals surface area contributed by atoms with Gasteiger partial charge in [0.2, 0.25) is 0 Å². The number of fused-ring (bicyclic) bond motifs is 1. The summed E-state index contributed by atoms with van der Waals surface area (Å²) in [5, 5.41) is 0. The quantitative estimate of drug-likeness (QED) is 0.653. The van der Waals surface area contributed by atoms with E-state index in [0.717, 1.165) is 56.9 Å². The smallest absolute Gasteiger partial charge is 0.415 e. The van der Waals surface area contributed by atoms with Gasteiger partial charge in [0, 0.05) is 43.7 Å². The fraction of sp³-hybridized carbons (Fsp3) is 0.519. The molecule has 5 nitrogen and oxygen atoms in total. The number of piperidine rings is 1. The maximum atomic E-state index is 12.6. The van der Waals surface area contributed by atoms with Crippen molar-refractivity contribution >= 4 is 11.8 Å². The Morgan fingerprint density at radius 2 is 1.72 bits per heavy atom. The minimum Gasteiger partial charge on any atom is -0.493 e. The van der Waals surface area contributed by atoms with Crippen molar-refractivity contribution in [3.8, 4) is 5.75 Å². The van der Waals surface area contributed by atoms with E-state index in [2.05, 4.69) is 44.7 Å². The highest BCUT2D eigenvalue weighted by atomic mass is 16.6. The second-order valence-electron chi connectivity index (χ2n) is 10.5. The molecule has 0 atom stereocenters. The molecule has 1 spiro atoms. The molecule has 32 heavy (non-hydrogen) atoms. The number of carbonyl (C=O) groups excluding carboxylic acids is 1. The summed E-state index contributed by atoms with van der Waals surface area (Å²) in [6.07, 6.45) is 2.59. The summed E-state index contributed by atoms with van der Waals surface area (Å²) >= 11 is 0. The molecule has 0 saturated carbocycles. The van der Waals surface area contributed by atoms with Gasteiger partial charge in [-0.2, -0.15) is 0 Å². The van der Waals surface area contributed by atoms with E-state index in [-0.39, 0.29) is 17.1 Å². The van der Waals surface area contributed by atoms with E-state index in [4.69, 9.17) is 9.47 Å². The summed E-state index contributed by atoms with van der Waals surface area (Å²) < 4.78 is 11.9. The van der Waals surface area contributed by atoms with Crippen molar-refractivity contribution in [3.05, 3.63) is 58.7 Å². The van der Waals surface area contributed by atoms with Crippen LogP contribution in [-0.4, -0.2) is 42.8 Å². The average Bonchev–Trinajstić information content (AvgIpc) is 3.07. The predicted octanol–water partition coefficient (Wildman–Crippen LogP) is 5.35. The van der Waals surface area contributed by atoms with Crippen LogP contribution in [0.2, 0.25) is 0 Å². The number of ether oxygens (including phenoxy) is 2. The van der Waals surface area contributed by atoms with Gasteiger partial charge in [0.15, 0.2) is 0 Å². The van der Waals surface area contributed by atoms with Crippen molar-refractivity contribution in [1.29, 1.82) is 0 Å². The Kier molecular flexibility index (Phi) is 5.20. The SMILES string of the molecule is Cc1ccc(N2CC3(CCN(Cc4cc(C)c5c(c4)C(C)(C)CCO5)CC3)OC2=O)cc1. The standard InChI is InChI=1S/C27H34N2O3/c1-19-5-7-22(8-6-19)29-18-27(32-25(29)30)9-12-28(13-10-27)17-21-15-20(2)24-23(16-21)26(3,4)11-14-31-24/h5-8,15-16H,9-14,17-18H2,1-4H3. The third-order valence-electron chi connectivity index (χ3n) is 7.53. The fourth-order valence-corrected chi connectivity index (χ4v) is 5.36. The van der Waals surface area contributed by atoms with Gasteiger partial charge in [-0.25, -0.2) is 4.79 Å². The van der Waals surface area contributed by atoms with Gasteiger partial charge in [-0.3, -0.25) is 9.80 Å².